The Morgan fingerprint density at radius 3 is 1.96 bits per heavy atom. The highest BCUT2D eigenvalue weighted by Crippen LogP contribution is 2.22. The second-order valence-electron chi connectivity index (χ2n) is 5.53. The molecule has 0 aromatic heterocycles. The zero-order chi connectivity index (χ0) is 18.9. The first-order valence-corrected chi connectivity index (χ1v) is 7.96. The van der Waals surface area contributed by atoms with E-state index in [0.29, 0.717) is 18.3 Å². The summed E-state index contributed by atoms with van der Waals surface area (Å²) >= 11 is 0. The van der Waals surface area contributed by atoms with E-state index in [9.17, 15) is 18.7 Å². The average Bonchev–Trinajstić information content (AvgIpc) is 2.66. The molecule has 0 fully saturated rings. The standard InChI is InChI=1S/C14H13FO.C7H5FO2/c15-13-8-4-7-12(14(13)16)10-9-11-5-2-1-3-6-11;8-6-3-1-2-5(4-9)7(6)10/h1-8,16H,9-10H2;1-4,10H. The van der Waals surface area contributed by atoms with Crippen molar-refractivity contribution in [1.29, 1.82) is 0 Å². The van der Waals surface area contributed by atoms with Crippen LogP contribution in [0.2, 0.25) is 0 Å². The summed E-state index contributed by atoms with van der Waals surface area (Å²) in [5.74, 6) is -2.13. The fraction of sp³-hybridized carbons (Fsp3) is 0.0952. The first kappa shape index (κ1) is 19.1. The van der Waals surface area contributed by atoms with Gasteiger partial charge in [-0.3, -0.25) is 4.79 Å². The summed E-state index contributed by atoms with van der Waals surface area (Å²) in [7, 11) is 0. The Hall–Kier alpha value is -3.21. The Bertz CT molecular complexity index is 864. The molecule has 0 saturated carbocycles. The van der Waals surface area contributed by atoms with Crippen LogP contribution >= 0.6 is 0 Å². The molecule has 0 unspecified atom stereocenters. The van der Waals surface area contributed by atoms with Crippen LogP contribution in [0.5, 0.6) is 11.5 Å². The summed E-state index contributed by atoms with van der Waals surface area (Å²) in [4.78, 5) is 10.1. The zero-order valence-corrected chi connectivity index (χ0v) is 13.9. The van der Waals surface area contributed by atoms with Crippen LogP contribution in [0.4, 0.5) is 8.78 Å². The van der Waals surface area contributed by atoms with Crippen molar-refractivity contribution in [1.82, 2.24) is 0 Å². The number of aldehydes is 1. The molecule has 0 radical (unpaired) electrons. The molecule has 0 aliphatic heterocycles. The third kappa shape index (κ3) is 5.14. The van der Waals surface area contributed by atoms with Gasteiger partial charge in [-0.1, -0.05) is 48.5 Å². The van der Waals surface area contributed by atoms with E-state index in [2.05, 4.69) is 0 Å². The number of carbonyl (C=O) groups excluding carboxylic acids is 1. The lowest BCUT2D eigenvalue weighted by Crippen LogP contribution is -1.92. The van der Waals surface area contributed by atoms with Crippen LogP contribution in [-0.2, 0) is 12.8 Å². The number of rotatable bonds is 4. The van der Waals surface area contributed by atoms with E-state index in [1.165, 1.54) is 23.8 Å². The molecule has 0 aliphatic rings. The number of hydrogen-bond donors (Lipinski definition) is 2. The number of hydrogen-bond acceptors (Lipinski definition) is 3. The molecule has 3 aromatic carbocycles. The van der Waals surface area contributed by atoms with Crippen molar-refractivity contribution in [2.45, 2.75) is 12.8 Å². The van der Waals surface area contributed by atoms with Crippen molar-refractivity contribution in [3.63, 3.8) is 0 Å². The highest BCUT2D eigenvalue weighted by Gasteiger charge is 2.06. The van der Waals surface area contributed by atoms with Gasteiger partial charge in [-0.15, -0.1) is 0 Å². The highest BCUT2D eigenvalue weighted by atomic mass is 19.1. The zero-order valence-electron chi connectivity index (χ0n) is 13.9. The average molecular weight is 356 g/mol. The van der Waals surface area contributed by atoms with Crippen LogP contribution in [0.15, 0.2) is 66.7 Å². The lowest BCUT2D eigenvalue weighted by atomic mass is 10.0. The number of phenolic OH excluding ortho intramolecular Hbond substituents is 2. The topological polar surface area (TPSA) is 57.5 Å². The van der Waals surface area contributed by atoms with Crippen LogP contribution < -0.4 is 0 Å². The minimum atomic E-state index is -0.774. The van der Waals surface area contributed by atoms with Gasteiger partial charge in [-0.05, 0) is 42.2 Å². The van der Waals surface area contributed by atoms with Gasteiger partial charge in [0.1, 0.15) is 0 Å². The number of phenols is 2. The molecule has 0 atom stereocenters. The van der Waals surface area contributed by atoms with Crippen molar-refractivity contribution in [2.24, 2.45) is 0 Å². The number of aromatic hydroxyl groups is 2. The Kier molecular flexibility index (Phi) is 6.85. The van der Waals surface area contributed by atoms with Gasteiger partial charge in [0.2, 0.25) is 0 Å². The Labute approximate surface area is 150 Å². The number of para-hydroxylation sites is 2. The number of halogens is 2. The summed E-state index contributed by atoms with van der Waals surface area (Å²) in [6, 6.07) is 18.4. The normalized spacial score (nSPS) is 9.92. The van der Waals surface area contributed by atoms with Crippen molar-refractivity contribution in [3.8, 4) is 11.5 Å². The van der Waals surface area contributed by atoms with Gasteiger partial charge in [0.25, 0.3) is 0 Å². The fourth-order valence-corrected chi connectivity index (χ4v) is 2.31. The molecule has 0 heterocycles. The molecule has 5 heteroatoms. The molecule has 0 saturated heterocycles. The summed E-state index contributed by atoms with van der Waals surface area (Å²) in [6.07, 6.45) is 1.85. The van der Waals surface area contributed by atoms with Crippen LogP contribution in [0.25, 0.3) is 0 Å². The van der Waals surface area contributed by atoms with Gasteiger partial charge >= 0.3 is 0 Å². The molecule has 2 N–H and O–H groups in total. The molecule has 26 heavy (non-hydrogen) atoms. The van der Waals surface area contributed by atoms with Gasteiger partial charge in [0, 0.05) is 0 Å². The maximum atomic E-state index is 13.1. The number of aryl methyl sites for hydroxylation is 2. The fourth-order valence-electron chi connectivity index (χ4n) is 2.31. The first-order valence-electron chi connectivity index (χ1n) is 7.96. The summed E-state index contributed by atoms with van der Waals surface area (Å²) in [5, 5.41) is 18.3. The van der Waals surface area contributed by atoms with Crippen LogP contribution in [0, 0.1) is 11.6 Å². The molecule has 0 spiro atoms. The highest BCUT2D eigenvalue weighted by molar-refractivity contribution is 5.78. The van der Waals surface area contributed by atoms with Gasteiger partial charge in [-0.25, -0.2) is 8.78 Å². The molecular formula is C21H18F2O3. The van der Waals surface area contributed by atoms with Gasteiger partial charge in [-0.2, -0.15) is 0 Å². The molecule has 134 valence electrons. The third-order valence-electron chi connectivity index (χ3n) is 3.74. The maximum Gasteiger partial charge on any atom is 0.165 e. The van der Waals surface area contributed by atoms with Crippen LogP contribution in [0.1, 0.15) is 21.5 Å². The quantitative estimate of drug-likeness (QED) is 0.669. The van der Waals surface area contributed by atoms with E-state index >= 15 is 0 Å². The van der Waals surface area contributed by atoms with E-state index in [0.717, 1.165) is 12.5 Å². The van der Waals surface area contributed by atoms with Crippen LogP contribution in [0.3, 0.4) is 0 Å². The lowest BCUT2D eigenvalue weighted by molar-refractivity contribution is 0.112. The monoisotopic (exact) mass is 356 g/mol. The number of benzene rings is 3. The third-order valence-corrected chi connectivity index (χ3v) is 3.74. The van der Waals surface area contributed by atoms with Gasteiger partial charge in [0.05, 0.1) is 5.56 Å². The molecular weight excluding hydrogens is 338 g/mol. The lowest BCUT2D eigenvalue weighted by Gasteiger charge is -2.05. The Morgan fingerprint density at radius 1 is 0.731 bits per heavy atom. The van der Waals surface area contributed by atoms with E-state index in [4.69, 9.17) is 5.11 Å². The van der Waals surface area contributed by atoms with Crippen molar-refractivity contribution in [3.05, 3.63) is 95.1 Å². The Morgan fingerprint density at radius 2 is 1.35 bits per heavy atom. The minimum Gasteiger partial charge on any atom is -0.505 e. The van der Waals surface area contributed by atoms with Crippen molar-refractivity contribution in [2.75, 3.05) is 0 Å². The molecule has 3 rings (SSSR count). The van der Waals surface area contributed by atoms with Crippen molar-refractivity contribution >= 4 is 6.29 Å². The molecule has 0 bridgehead atoms. The number of carbonyl (C=O) groups is 1. The summed E-state index contributed by atoms with van der Waals surface area (Å²) in [6.45, 7) is 0. The molecule has 3 nitrogen and oxygen atoms in total. The van der Waals surface area contributed by atoms with Gasteiger partial charge < -0.3 is 10.2 Å². The van der Waals surface area contributed by atoms with E-state index < -0.39 is 17.4 Å². The van der Waals surface area contributed by atoms with Crippen LogP contribution in [-0.4, -0.2) is 16.5 Å². The Balaban J connectivity index is 0.000000209. The summed E-state index contributed by atoms with van der Waals surface area (Å²) in [5.41, 5.74) is 1.81. The predicted octanol–water partition coefficient (Wildman–Crippen LogP) is 4.66. The maximum absolute atomic E-state index is 13.1. The smallest absolute Gasteiger partial charge is 0.165 e. The van der Waals surface area contributed by atoms with E-state index in [1.807, 2.05) is 30.3 Å². The van der Waals surface area contributed by atoms with Crippen molar-refractivity contribution < 1.29 is 23.8 Å². The SMILES string of the molecule is O=Cc1cccc(F)c1O.Oc1c(F)cccc1CCc1ccccc1. The molecule has 0 amide bonds. The van der Waals surface area contributed by atoms with E-state index in [-0.39, 0.29) is 11.3 Å². The molecule has 3 aromatic rings. The summed E-state index contributed by atoms with van der Waals surface area (Å²) < 4.78 is 25.4. The second-order valence-corrected chi connectivity index (χ2v) is 5.53. The van der Waals surface area contributed by atoms with E-state index in [1.54, 1.807) is 12.1 Å². The second kappa shape index (κ2) is 9.32. The molecule has 0 aliphatic carbocycles. The largest absolute Gasteiger partial charge is 0.505 e. The minimum absolute atomic E-state index is 0.0278. The first-order chi connectivity index (χ1) is 12.5. The van der Waals surface area contributed by atoms with Gasteiger partial charge in [0.15, 0.2) is 29.4 Å². The predicted molar refractivity (Wildman–Crippen MR) is 95.4 cm³/mol.